The summed E-state index contributed by atoms with van der Waals surface area (Å²) in [4.78, 5) is 0. The van der Waals surface area contributed by atoms with Crippen LogP contribution in [0.4, 0.5) is 0 Å². The fourth-order valence-electron chi connectivity index (χ4n) is 2.14. The Bertz CT molecular complexity index is 914. The van der Waals surface area contributed by atoms with E-state index < -0.39 is 24.3 Å². The van der Waals surface area contributed by atoms with Gasteiger partial charge in [0.2, 0.25) is 9.84 Å². The van der Waals surface area contributed by atoms with Crippen molar-refractivity contribution in [3.63, 3.8) is 0 Å². The van der Waals surface area contributed by atoms with Gasteiger partial charge in [-0.2, -0.15) is 9.94 Å². The lowest BCUT2D eigenvalue weighted by Crippen LogP contribution is -2.44. The van der Waals surface area contributed by atoms with Gasteiger partial charge >= 0.3 is 0 Å². The van der Waals surface area contributed by atoms with Crippen molar-refractivity contribution in [2.75, 3.05) is 5.75 Å². The lowest BCUT2D eigenvalue weighted by atomic mass is 10.2. The number of benzene rings is 1. The van der Waals surface area contributed by atoms with Crippen LogP contribution in [0.15, 0.2) is 35.5 Å². The van der Waals surface area contributed by atoms with Crippen LogP contribution in [0, 0.1) is 11.3 Å². The average Bonchev–Trinajstić information content (AvgIpc) is 3.09. The topological polar surface area (TPSA) is 111 Å². The Morgan fingerprint density at radius 1 is 1.26 bits per heavy atom. The summed E-state index contributed by atoms with van der Waals surface area (Å²) in [6.07, 6.45) is -0.728. The maximum atomic E-state index is 12.8. The zero-order chi connectivity index (χ0) is 20.3. The van der Waals surface area contributed by atoms with Crippen LogP contribution in [0.2, 0.25) is 18.1 Å². The molecule has 0 spiro atoms. The van der Waals surface area contributed by atoms with Crippen LogP contribution in [0.1, 0.15) is 27.2 Å². The number of aromatic nitrogens is 4. The van der Waals surface area contributed by atoms with E-state index in [9.17, 15) is 13.7 Å². The highest BCUT2D eigenvalue weighted by molar-refractivity contribution is 7.91. The largest absolute Gasteiger partial charge is 0.401 e. The van der Waals surface area contributed by atoms with Gasteiger partial charge in [0.25, 0.3) is 5.16 Å². The Hall–Kier alpha value is -2.09. The normalized spacial score (nSPS) is 13.9. The number of para-hydroxylation sites is 1. The Balaban J connectivity index is 2.16. The summed E-state index contributed by atoms with van der Waals surface area (Å²) in [5, 5.41) is 20.1. The van der Waals surface area contributed by atoms with E-state index in [0.29, 0.717) is 5.69 Å². The predicted octanol–water partition coefficient (Wildman–Crippen LogP) is 2.74. The first-order valence-electron chi connectivity index (χ1n) is 8.62. The molecule has 1 heterocycles. The highest BCUT2D eigenvalue weighted by Gasteiger charge is 2.39. The van der Waals surface area contributed by atoms with Crippen molar-refractivity contribution in [1.29, 1.82) is 5.26 Å². The molecule has 1 atom stereocenters. The maximum Gasteiger partial charge on any atom is 0.272 e. The monoisotopic (exact) mass is 407 g/mol. The molecular weight excluding hydrogens is 382 g/mol. The third-order valence-corrected chi connectivity index (χ3v) is 10.8. The fourth-order valence-corrected chi connectivity index (χ4v) is 4.65. The van der Waals surface area contributed by atoms with Crippen molar-refractivity contribution in [3.05, 3.63) is 30.3 Å². The molecule has 0 radical (unpaired) electrons. The van der Waals surface area contributed by atoms with Crippen molar-refractivity contribution < 1.29 is 12.8 Å². The summed E-state index contributed by atoms with van der Waals surface area (Å²) in [5.74, 6) is -0.271. The molecule has 0 saturated heterocycles. The minimum absolute atomic E-state index is 0.0625. The highest BCUT2D eigenvalue weighted by atomic mass is 32.2. The number of tetrazole rings is 1. The second-order valence-corrected chi connectivity index (χ2v) is 14.6. The van der Waals surface area contributed by atoms with Crippen LogP contribution < -0.4 is 0 Å². The van der Waals surface area contributed by atoms with Crippen molar-refractivity contribution >= 4 is 18.2 Å². The van der Waals surface area contributed by atoms with Gasteiger partial charge in [-0.25, -0.2) is 8.42 Å². The van der Waals surface area contributed by atoms with E-state index in [-0.39, 0.29) is 22.4 Å². The van der Waals surface area contributed by atoms with Gasteiger partial charge in [-0.15, -0.1) is 0 Å². The molecule has 0 aliphatic carbocycles. The molecule has 0 amide bonds. The number of sulfone groups is 1. The number of nitriles is 1. The first-order valence-corrected chi connectivity index (χ1v) is 13.2. The summed E-state index contributed by atoms with van der Waals surface area (Å²) >= 11 is 0. The second kappa shape index (κ2) is 7.88. The number of hydrogen-bond donors (Lipinski definition) is 0. The quantitative estimate of drug-likeness (QED) is 0.649. The molecule has 146 valence electrons. The smallest absolute Gasteiger partial charge is 0.272 e. The molecule has 1 aromatic carbocycles. The van der Waals surface area contributed by atoms with Crippen LogP contribution in [0.5, 0.6) is 0 Å². The van der Waals surface area contributed by atoms with Crippen LogP contribution >= 0.6 is 0 Å². The van der Waals surface area contributed by atoms with Crippen LogP contribution in [0.3, 0.4) is 0 Å². The van der Waals surface area contributed by atoms with Crippen molar-refractivity contribution in [3.8, 4) is 11.8 Å². The summed E-state index contributed by atoms with van der Waals surface area (Å²) in [6.45, 7) is 10.3. The van der Waals surface area contributed by atoms with Crippen molar-refractivity contribution in [2.24, 2.45) is 0 Å². The van der Waals surface area contributed by atoms with Crippen LogP contribution in [-0.4, -0.2) is 48.8 Å². The molecule has 0 bridgehead atoms. The molecule has 0 fully saturated rings. The first-order chi connectivity index (χ1) is 12.5. The van der Waals surface area contributed by atoms with Gasteiger partial charge in [-0.1, -0.05) is 44.1 Å². The molecule has 10 heteroatoms. The molecule has 1 aromatic heterocycles. The molecule has 0 N–H and O–H groups in total. The van der Waals surface area contributed by atoms with Crippen molar-refractivity contribution in [2.45, 2.75) is 56.6 Å². The Morgan fingerprint density at radius 2 is 1.89 bits per heavy atom. The summed E-state index contributed by atoms with van der Waals surface area (Å²) in [6, 6.07) is 10.9. The molecule has 0 aliphatic rings. The van der Waals surface area contributed by atoms with Gasteiger partial charge in [-0.05, 0) is 40.7 Å². The maximum absolute atomic E-state index is 12.8. The Morgan fingerprint density at radius 3 is 2.44 bits per heavy atom. The molecule has 2 aromatic rings. The van der Waals surface area contributed by atoms with E-state index in [1.807, 2.05) is 19.2 Å². The van der Waals surface area contributed by atoms with Gasteiger partial charge in [0.15, 0.2) is 8.32 Å². The van der Waals surface area contributed by atoms with E-state index in [1.54, 1.807) is 24.3 Å². The van der Waals surface area contributed by atoms with Gasteiger partial charge in [-0.3, -0.25) is 0 Å². The zero-order valence-corrected chi connectivity index (χ0v) is 18.1. The highest BCUT2D eigenvalue weighted by Crippen LogP contribution is 2.37. The summed E-state index contributed by atoms with van der Waals surface area (Å²) in [7, 11) is -5.96. The minimum Gasteiger partial charge on any atom is -0.401 e. The average molecular weight is 408 g/mol. The third-order valence-electron chi connectivity index (χ3n) is 4.76. The van der Waals surface area contributed by atoms with E-state index in [4.69, 9.17) is 4.43 Å². The predicted molar refractivity (Wildman–Crippen MR) is 104 cm³/mol. The summed E-state index contributed by atoms with van der Waals surface area (Å²) in [5.41, 5.74) is 0.551. The minimum atomic E-state index is -3.78. The Kier molecular flexibility index (Phi) is 6.19. The number of rotatable bonds is 7. The summed E-state index contributed by atoms with van der Waals surface area (Å²) < 4.78 is 32.7. The Labute approximate surface area is 161 Å². The molecule has 27 heavy (non-hydrogen) atoms. The van der Waals surface area contributed by atoms with E-state index in [1.165, 1.54) is 4.68 Å². The molecule has 2 rings (SSSR count). The number of nitrogens with zero attached hydrogens (tertiary/aromatic N) is 5. The SMILES string of the molecule is CC(C)(C)[Si](C)(C)O[C@@H](C#N)CCS(=O)(=O)c1nnnn1-c1ccccc1. The molecular formula is C17H25N5O3SSi. The second-order valence-electron chi connectivity index (χ2n) is 7.81. The van der Waals surface area contributed by atoms with Crippen LogP contribution in [0.25, 0.3) is 5.69 Å². The molecule has 8 nitrogen and oxygen atoms in total. The van der Waals surface area contributed by atoms with Crippen molar-refractivity contribution in [1.82, 2.24) is 20.2 Å². The fraction of sp³-hybridized carbons (Fsp3) is 0.529. The molecule has 0 aliphatic heterocycles. The molecule has 0 saturated carbocycles. The third kappa shape index (κ3) is 5.00. The standard InChI is InChI=1S/C17H25N5O3SSi/c1-17(2,3)27(4,5)25-15(13-18)11-12-26(23,24)16-19-20-21-22(16)14-9-7-6-8-10-14/h6-10,15H,11-12H2,1-5H3/t15-/m1/s1. The van der Waals surface area contributed by atoms with E-state index in [0.717, 1.165) is 0 Å². The lowest BCUT2D eigenvalue weighted by Gasteiger charge is -2.37. The lowest BCUT2D eigenvalue weighted by molar-refractivity contribution is 0.227. The van der Waals surface area contributed by atoms with Gasteiger partial charge in [0, 0.05) is 6.42 Å². The van der Waals surface area contributed by atoms with Gasteiger partial charge in [0.1, 0.15) is 6.10 Å². The van der Waals surface area contributed by atoms with Gasteiger partial charge in [0.05, 0.1) is 17.5 Å². The van der Waals surface area contributed by atoms with E-state index >= 15 is 0 Å². The van der Waals surface area contributed by atoms with Crippen LogP contribution in [-0.2, 0) is 14.3 Å². The first kappa shape index (κ1) is 21.2. The zero-order valence-electron chi connectivity index (χ0n) is 16.2. The van der Waals surface area contributed by atoms with E-state index in [2.05, 4.69) is 42.4 Å². The number of hydrogen-bond acceptors (Lipinski definition) is 7. The molecule has 0 unspecified atom stereocenters. The van der Waals surface area contributed by atoms with Gasteiger partial charge < -0.3 is 4.43 Å².